The van der Waals surface area contributed by atoms with Crippen LogP contribution in [0.25, 0.3) is 5.65 Å². The summed E-state index contributed by atoms with van der Waals surface area (Å²) in [5.41, 5.74) is -0.767. The fourth-order valence-electron chi connectivity index (χ4n) is 5.18. The van der Waals surface area contributed by atoms with Crippen molar-refractivity contribution in [1.29, 1.82) is 0 Å². The topological polar surface area (TPSA) is 127 Å². The number of aldehydes is 1. The first kappa shape index (κ1) is 28.4. The second kappa shape index (κ2) is 11.4. The molecule has 1 saturated heterocycles. The number of carbonyl (C=O) groups excluding carboxylic acids is 3. The van der Waals surface area contributed by atoms with Gasteiger partial charge < -0.3 is 24.6 Å². The van der Waals surface area contributed by atoms with E-state index in [0.29, 0.717) is 57.7 Å². The van der Waals surface area contributed by atoms with Crippen molar-refractivity contribution >= 4 is 35.4 Å². The van der Waals surface area contributed by atoms with Gasteiger partial charge in [-0.2, -0.15) is 10.2 Å². The van der Waals surface area contributed by atoms with Gasteiger partial charge in [0.05, 0.1) is 17.9 Å². The highest BCUT2D eigenvalue weighted by Crippen LogP contribution is 2.34. The summed E-state index contributed by atoms with van der Waals surface area (Å²) in [7, 11) is 0. The van der Waals surface area contributed by atoms with Crippen LogP contribution >= 0.6 is 0 Å². The van der Waals surface area contributed by atoms with Crippen LogP contribution in [0.5, 0.6) is 0 Å². The first-order chi connectivity index (χ1) is 19.5. The van der Waals surface area contributed by atoms with Crippen LogP contribution in [-0.2, 0) is 9.53 Å². The third-order valence-corrected chi connectivity index (χ3v) is 7.38. The summed E-state index contributed by atoms with van der Waals surface area (Å²) >= 11 is 0. The van der Waals surface area contributed by atoms with Gasteiger partial charge in [0, 0.05) is 44.5 Å². The van der Waals surface area contributed by atoms with E-state index in [1.807, 2.05) is 25.7 Å². The molecule has 2 amide bonds. The summed E-state index contributed by atoms with van der Waals surface area (Å²) in [6, 6.07) is 1.65. The zero-order valence-corrected chi connectivity index (χ0v) is 23.3. The van der Waals surface area contributed by atoms with Crippen LogP contribution in [0.1, 0.15) is 75.0 Å². The van der Waals surface area contributed by atoms with Crippen molar-refractivity contribution < 1.29 is 27.9 Å². The maximum absolute atomic E-state index is 13.8. The quantitative estimate of drug-likeness (QED) is 0.438. The number of piperazine rings is 1. The van der Waals surface area contributed by atoms with E-state index in [9.17, 15) is 23.2 Å². The van der Waals surface area contributed by atoms with Crippen LogP contribution in [-0.4, -0.2) is 79.3 Å². The number of hydrogen-bond donors (Lipinski definition) is 1. The van der Waals surface area contributed by atoms with Gasteiger partial charge in [0.15, 0.2) is 11.3 Å². The van der Waals surface area contributed by atoms with Crippen molar-refractivity contribution in [2.24, 2.45) is 5.92 Å². The van der Waals surface area contributed by atoms with E-state index >= 15 is 0 Å². The van der Waals surface area contributed by atoms with E-state index < -0.39 is 23.6 Å². The van der Waals surface area contributed by atoms with Gasteiger partial charge in [-0.3, -0.25) is 9.48 Å². The Morgan fingerprint density at radius 2 is 1.83 bits per heavy atom. The Bertz CT molecular complexity index is 1420. The van der Waals surface area contributed by atoms with E-state index in [4.69, 9.17) is 4.74 Å². The first-order valence-corrected chi connectivity index (χ1v) is 13.7. The number of alkyl halides is 2. The molecule has 0 unspecified atom stereocenters. The Hall–Kier alpha value is -4.10. The summed E-state index contributed by atoms with van der Waals surface area (Å²) in [5.74, 6) is -0.0502. The zero-order valence-electron chi connectivity index (χ0n) is 23.3. The Balaban J connectivity index is 1.30. The van der Waals surface area contributed by atoms with Gasteiger partial charge in [0.2, 0.25) is 0 Å². The summed E-state index contributed by atoms with van der Waals surface area (Å²) in [5, 5.41) is 10.9. The third kappa shape index (κ3) is 6.30. The van der Waals surface area contributed by atoms with Crippen molar-refractivity contribution in [3.8, 4) is 0 Å². The van der Waals surface area contributed by atoms with Crippen molar-refractivity contribution in [3.05, 3.63) is 35.9 Å². The minimum absolute atomic E-state index is 0.0163. The smallest absolute Gasteiger partial charge is 0.410 e. The molecule has 2 aliphatic rings. The molecule has 1 saturated carbocycles. The Labute approximate surface area is 235 Å². The van der Waals surface area contributed by atoms with Gasteiger partial charge in [0.25, 0.3) is 12.3 Å². The lowest BCUT2D eigenvalue weighted by Crippen LogP contribution is -2.50. The number of carbonyl (C=O) groups is 3. The molecule has 0 atom stereocenters. The van der Waals surface area contributed by atoms with Crippen molar-refractivity contribution in [2.75, 3.05) is 36.4 Å². The van der Waals surface area contributed by atoms with E-state index in [0.717, 1.165) is 6.29 Å². The molecule has 1 aliphatic carbocycles. The molecule has 1 aliphatic heterocycles. The number of nitrogens with one attached hydrogen (secondary N) is 1. The van der Waals surface area contributed by atoms with Crippen LogP contribution < -0.4 is 10.2 Å². The number of hydrogen-bond acceptors (Lipinski definition) is 8. The summed E-state index contributed by atoms with van der Waals surface area (Å²) in [6.07, 6.45) is 4.78. The SMILES string of the molecule is CC(C)(C)OC(=O)N1CCN(c2ccn3ncc(C(=O)Nc4cn([C@H]5CC[C@H](C=O)CC5)nc4C(F)F)c3n2)CC1. The van der Waals surface area contributed by atoms with Crippen LogP contribution in [0.15, 0.2) is 24.7 Å². The normalized spacial score (nSPS) is 20.0. The molecule has 1 N–H and O–H groups in total. The second-order valence-corrected chi connectivity index (χ2v) is 11.4. The molecule has 4 heterocycles. The van der Waals surface area contributed by atoms with Crippen molar-refractivity contribution in [2.45, 2.75) is 64.5 Å². The van der Waals surface area contributed by atoms with E-state index in [1.165, 1.54) is 21.6 Å². The lowest BCUT2D eigenvalue weighted by Gasteiger charge is -2.36. The number of amides is 2. The molecule has 3 aromatic rings. The van der Waals surface area contributed by atoms with E-state index in [-0.39, 0.29) is 35.0 Å². The molecule has 3 aromatic heterocycles. The maximum atomic E-state index is 13.8. The fourth-order valence-corrected chi connectivity index (χ4v) is 5.18. The predicted octanol–water partition coefficient (Wildman–Crippen LogP) is 4.10. The molecule has 0 aromatic carbocycles. The molecular weight excluding hydrogens is 538 g/mol. The predicted molar refractivity (Wildman–Crippen MR) is 145 cm³/mol. The molecule has 14 heteroatoms. The van der Waals surface area contributed by atoms with Crippen molar-refractivity contribution in [1.82, 2.24) is 29.3 Å². The number of aromatic nitrogens is 5. The largest absolute Gasteiger partial charge is 0.444 e. The van der Waals surface area contributed by atoms with Crippen LogP contribution in [0, 0.1) is 5.92 Å². The minimum atomic E-state index is -2.88. The van der Waals surface area contributed by atoms with E-state index in [1.54, 1.807) is 17.2 Å². The molecule has 0 bridgehead atoms. The number of fused-ring (bicyclic) bond motifs is 1. The number of halogens is 2. The monoisotopic (exact) mass is 572 g/mol. The first-order valence-electron chi connectivity index (χ1n) is 13.7. The Morgan fingerprint density at radius 1 is 1.12 bits per heavy atom. The summed E-state index contributed by atoms with van der Waals surface area (Å²) < 4.78 is 36.1. The highest BCUT2D eigenvalue weighted by atomic mass is 19.3. The highest BCUT2D eigenvalue weighted by molar-refractivity contribution is 6.08. The number of ether oxygens (including phenoxy) is 1. The molecule has 220 valence electrons. The molecular formula is C27H34F2N8O4. The number of anilines is 2. The lowest BCUT2D eigenvalue weighted by molar-refractivity contribution is -0.112. The molecule has 5 rings (SSSR count). The zero-order chi connectivity index (χ0) is 29.3. The lowest BCUT2D eigenvalue weighted by atomic mass is 9.87. The average molecular weight is 573 g/mol. The standard InChI is InChI=1S/C27H34F2N8O4/c1-27(2,3)41-26(40)35-12-10-34(11-13-35)21-8-9-36-24(32-21)19(14-30-36)25(39)31-20-15-37(33-22(20)23(28)29)18-6-4-17(16-38)5-7-18/h8-9,14-18,23H,4-7,10-13H2,1-3H3,(H,31,39)/t17-,18-. The molecule has 2 fully saturated rings. The van der Waals surface area contributed by atoms with Crippen LogP contribution in [0.4, 0.5) is 25.1 Å². The van der Waals surface area contributed by atoms with Crippen LogP contribution in [0.3, 0.4) is 0 Å². The van der Waals surface area contributed by atoms with Gasteiger partial charge in [-0.25, -0.2) is 23.1 Å². The van der Waals surface area contributed by atoms with E-state index in [2.05, 4.69) is 20.5 Å². The van der Waals surface area contributed by atoms with Gasteiger partial charge >= 0.3 is 6.09 Å². The molecule has 0 spiro atoms. The highest BCUT2D eigenvalue weighted by Gasteiger charge is 2.29. The van der Waals surface area contributed by atoms with Crippen molar-refractivity contribution in [3.63, 3.8) is 0 Å². The van der Waals surface area contributed by atoms with Gasteiger partial charge in [0.1, 0.15) is 23.3 Å². The third-order valence-electron chi connectivity index (χ3n) is 7.38. The molecule has 12 nitrogen and oxygen atoms in total. The minimum Gasteiger partial charge on any atom is -0.444 e. The van der Waals surface area contributed by atoms with Gasteiger partial charge in [-0.15, -0.1) is 0 Å². The Morgan fingerprint density at radius 3 is 2.46 bits per heavy atom. The summed E-state index contributed by atoms with van der Waals surface area (Å²) in [6.45, 7) is 7.40. The molecule has 0 radical (unpaired) electrons. The van der Waals surface area contributed by atoms with Gasteiger partial charge in [-0.1, -0.05) is 0 Å². The Kier molecular flexibility index (Phi) is 7.91. The fraction of sp³-hybridized carbons (Fsp3) is 0.556. The molecule has 41 heavy (non-hydrogen) atoms. The van der Waals surface area contributed by atoms with Gasteiger partial charge in [-0.05, 0) is 52.5 Å². The number of rotatable bonds is 6. The summed E-state index contributed by atoms with van der Waals surface area (Å²) in [4.78, 5) is 45.0. The number of nitrogens with zero attached hydrogens (tertiary/aromatic N) is 7. The maximum Gasteiger partial charge on any atom is 0.410 e. The van der Waals surface area contributed by atoms with Crippen LogP contribution in [0.2, 0.25) is 0 Å². The average Bonchev–Trinajstić information content (AvgIpc) is 3.56. The second-order valence-electron chi connectivity index (χ2n) is 11.4.